The Hall–Kier alpha value is -5.28. The normalized spacial score (nSPS) is 11.6. The van der Waals surface area contributed by atoms with Crippen LogP contribution in [0.15, 0.2) is 144 Å². The Kier molecular flexibility index (Phi) is 5.04. The van der Waals surface area contributed by atoms with E-state index in [9.17, 15) is 0 Å². The topological polar surface area (TPSA) is 21.3 Å². The predicted octanol–water partition coefficient (Wildman–Crippen LogP) is 10.5. The third kappa shape index (κ3) is 3.45. The third-order valence-corrected chi connectivity index (χ3v) is 7.82. The van der Waals surface area contributed by atoms with E-state index in [1.807, 2.05) is 12.1 Å². The lowest BCUT2D eigenvalue weighted by atomic mass is 10.1. The Morgan fingerprint density at radius 2 is 1.20 bits per heavy atom. The van der Waals surface area contributed by atoms with Crippen molar-refractivity contribution in [1.29, 1.82) is 0 Å². The first-order valence-corrected chi connectivity index (χ1v) is 13.6. The van der Waals surface area contributed by atoms with Crippen LogP contribution >= 0.6 is 0 Å². The van der Waals surface area contributed by atoms with Crippen LogP contribution in [-0.2, 0) is 0 Å². The van der Waals surface area contributed by atoms with E-state index < -0.39 is 0 Å². The molecule has 0 radical (unpaired) electrons. The van der Waals surface area contributed by atoms with E-state index in [0.717, 1.165) is 44.7 Å². The number of fused-ring (bicyclic) bond motifs is 6. The third-order valence-electron chi connectivity index (χ3n) is 7.82. The Bertz CT molecular complexity index is 2190. The minimum absolute atomic E-state index is 0.893. The molecule has 0 spiro atoms. The van der Waals surface area contributed by atoms with Gasteiger partial charge in [0.15, 0.2) is 0 Å². The lowest BCUT2D eigenvalue weighted by Crippen LogP contribution is -2.13. The van der Waals surface area contributed by atoms with Crippen LogP contribution in [0.2, 0.25) is 0 Å². The molecular weight excluding hydrogens is 488 g/mol. The van der Waals surface area contributed by atoms with Crippen LogP contribution < -0.4 is 4.90 Å². The first kappa shape index (κ1) is 22.7. The minimum atomic E-state index is 0.893. The van der Waals surface area contributed by atoms with E-state index in [4.69, 9.17) is 4.42 Å². The fourth-order valence-electron chi connectivity index (χ4n) is 6.05. The standard InChI is InChI=1S/C37H26N2O/c1-25-19-21-33-30(23-25)28-13-5-7-15-32(28)39(33)35-17-9-8-16-34(35)38(26-11-3-2-4-12-26)27-20-22-37-31(24-27)29-14-6-10-18-36(29)40-37/h2-24H,1H3. The predicted molar refractivity (Wildman–Crippen MR) is 167 cm³/mol. The van der Waals surface area contributed by atoms with Gasteiger partial charge in [0.1, 0.15) is 11.2 Å². The zero-order valence-electron chi connectivity index (χ0n) is 22.1. The molecule has 6 aromatic carbocycles. The lowest BCUT2D eigenvalue weighted by Gasteiger charge is -2.28. The van der Waals surface area contributed by atoms with Gasteiger partial charge < -0.3 is 13.9 Å². The van der Waals surface area contributed by atoms with Gasteiger partial charge in [-0.2, -0.15) is 0 Å². The molecule has 8 rings (SSSR count). The molecule has 2 aromatic heterocycles. The van der Waals surface area contributed by atoms with Crippen LogP contribution in [0.1, 0.15) is 5.56 Å². The molecular formula is C37H26N2O. The lowest BCUT2D eigenvalue weighted by molar-refractivity contribution is 0.669. The van der Waals surface area contributed by atoms with Gasteiger partial charge >= 0.3 is 0 Å². The zero-order chi connectivity index (χ0) is 26.6. The summed E-state index contributed by atoms with van der Waals surface area (Å²) in [5.41, 5.74) is 9.85. The summed E-state index contributed by atoms with van der Waals surface area (Å²) < 4.78 is 8.57. The van der Waals surface area contributed by atoms with Gasteiger partial charge in [-0.05, 0) is 73.7 Å². The largest absolute Gasteiger partial charge is 0.456 e. The molecule has 190 valence electrons. The molecule has 40 heavy (non-hydrogen) atoms. The molecule has 0 unspecified atom stereocenters. The van der Waals surface area contributed by atoms with Gasteiger partial charge in [0.05, 0.1) is 22.4 Å². The van der Waals surface area contributed by atoms with Crippen molar-refractivity contribution in [3.63, 3.8) is 0 Å². The quantitative estimate of drug-likeness (QED) is 0.233. The maximum atomic E-state index is 6.16. The molecule has 0 atom stereocenters. The van der Waals surface area contributed by atoms with Crippen molar-refractivity contribution in [2.45, 2.75) is 6.92 Å². The van der Waals surface area contributed by atoms with Gasteiger partial charge in [0.25, 0.3) is 0 Å². The molecule has 0 amide bonds. The van der Waals surface area contributed by atoms with Crippen molar-refractivity contribution in [2.75, 3.05) is 4.90 Å². The number of benzene rings is 6. The second-order valence-corrected chi connectivity index (χ2v) is 10.3. The maximum absolute atomic E-state index is 6.16. The van der Waals surface area contributed by atoms with E-state index in [1.165, 1.54) is 27.4 Å². The number of nitrogens with zero attached hydrogens (tertiary/aromatic N) is 2. The Morgan fingerprint density at radius 1 is 0.500 bits per heavy atom. The summed E-state index contributed by atoms with van der Waals surface area (Å²) in [6.45, 7) is 2.16. The molecule has 0 bridgehead atoms. The molecule has 0 aliphatic rings. The van der Waals surface area contributed by atoms with Gasteiger partial charge in [0.2, 0.25) is 0 Å². The van der Waals surface area contributed by atoms with Gasteiger partial charge in [0, 0.05) is 32.9 Å². The molecule has 0 N–H and O–H groups in total. The highest BCUT2D eigenvalue weighted by Crippen LogP contribution is 2.43. The Balaban J connectivity index is 1.43. The first-order valence-electron chi connectivity index (χ1n) is 13.6. The maximum Gasteiger partial charge on any atom is 0.135 e. The average molecular weight is 515 g/mol. The monoisotopic (exact) mass is 514 g/mol. The van der Waals surface area contributed by atoms with Crippen LogP contribution in [0.5, 0.6) is 0 Å². The number of aromatic nitrogens is 1. The first-order chi connectivity index (χ1) is 19.8. The van der Waals surface area contributed by atoms with Crippen LogP contribution in [0.3, 0.4) is 0 Å². The van der Waals surface area contributed by atoms with Crippen molar-refractivity contribution < 1.29 is 4.42 Å². The summed E-state index contributed by atoms with van der Waals surface area (Å²) in [5, 5.41) is 4.76. The van der Waals surface area contributed by atoms with Crippen molar-refractivity contribution in [3.05, 3.63) is 145 Å². The number of para-hydroxylation sites is 5. The summed E-state index contributed by atoms with van der Waals surface area (Å²) in [7, 11) is 0. The second-order valence-electron chi connectivity index (χ2n) is 10.3. The SMILES string of the molecule is Cc1ccc2c(c1)c1ccccc1n2-c1ccccc1N(c1ccccc1)c1ccc2oc3ccccc3c2c1. The highest BCUT2D eigenvalue weighted by atomic mass is 16.3. The fraction of sp³-hybridized carbons (Fsp3) is 0.0270. The number of aryl methyl sites for hydroxylation is 1. The molecule has 8 aromatic rings. The summed E-state index contributed by atoms with van der Waals surface area (Å²) in [5.74, 6) is 0. The number of furan rings is 1. The molecule has 3 heteroatoms. The summed E-state index contributed by atoms with van der Waals surface area (Å²) >= 11 is 0. The van der Waals surface area contributed by atoms with Crippen molar-refractivity contribution in [1.82, 2.24) is 4.57 Å². The highest BCUT2D eigenvalue weighted by molar-refractivity contribution is 6.10. The van der Waals surface area contributed by atoms with Crippen LogP contribution in [0, 0.1) is 6.92 Å². The summed E-state index contributed by atoms with van der Waals surface area (Å²) in [6.07, 6.45) is 0. The number of anilines is 3. The van der Waals surface area contributed by atoms with Crippen LogP contribution in [-0.4, -0.2) is 4.57 Å². The average Bonchev–Trinajstić information content (AvgIpc) is 3.53. The number of hydrogen-bond acceptors (Lipinski definition) is 2. The van der Waals surface area contributed by atoms with E-state index in [2.05, 4.69) is 144 Å². The molecule has 3 nitrogen and oxygen atoms in total. The molecule has 0 aliphatic carbocycles. The van der Waals surface area contributed by atoms with Gasteiger partial charge in [-0.15, -0.1) is 0 Å². The van der Waals surface area contributed by atoms with E-state index in [1.54, 1.807) is 0 Å². The number of rotatable bonds is 4. The Morgan fingerprint density at radius 3 is 2.10 bits per heavy atom. The highest BCUT2D eigenvalue weighted by Gasteiger charge is 2.21. The van der Waals surface area contributed by atoms with Gasteiger partial charge in [-0.1, -0.05) is 78.4 Å². The number of hydrogen-bond donors (Lipinski definition) is 0. The minimum Gasteiger partial charge on any atom is -0.456 e. The Labute approximate surface area is 232 Å². The molecule has 0 fully saturated rings. The smallest absolute Gasteiger partial charge is 0.135 e. The zero-order valence-corrected chi connectivity index (χ0v) is 22.1. The van der Waals surface area contributed by atoms with Crippen molar-refractivity contribution in [3.8, 4) is 5.69 Å². The van der Waals surface area contributed by atoms with Crippen LogP contribution in [0.4, 0.5) is 17.1 Å². The molecule has 0 aliphatic heterocycles. The van der Waals surface area contributed by atoms with E-state index >= 15 is 0 Å². The van der Waals surface area contributed by atoms with Gasteiger partial charge in [-0.3, -0.25) is 0 Å². The fourth-order valence-corrected chi connectivity index (χ4v) is 6.05. The summed E-state index contributed by atoms with van der Waals surface area (Å²) in [6, 6.07) is 49.5. The van der Waals surface area contributed by atoms with Crippen molar-refractivity contribution in [2.24, 2.45) is 0 Å². The second kappa shape index (κ2) is 8.89. The summed E-state index contributed by atoms with van der Waals surface area (Å²) in [4.78, 5) is 2.35. The molecule has 0 saturated heterocycles. The van der Waals surface area contributed by atoms with Gasteiger partial charge in [-0.25, -0.2) is 0 Å². The van der Waals surface area contributed by atoms with E-state index in [0.29, 0.717) is 0 Å². The van der Waals surface area contributed by atoms with Crippen LogP contribution in [0.25, 0.3) is 49.4 Å². The molecule has 2 heterocycles. The molecule has 0 saturated carbocycles. The van der Waals surface area contributed by atoms with E-state index in [-0.39, 0.29) is 0 Å². The van der Waals surface area contributed by atoms with Crippen molar-refractivity contribution >= 4 is 60.8 Å².